The van der Waals surface area contributed by atoms with Crippen molar-refractivity contribution in [3.05, 3.63) is 65.2 Å². The van der Waals surface area contributed by atoms with Gasteiger partial charge in [-0.2, -0.15) is 0 Å². The maximum absolute atomic E-state index is 13.0. The quantitative estimate of drug-likeness (QED) is 0.869. The van der Waals surface area contributed by atoms with E-state index in [0.717, 1.165) is 11.3 Å². The average molecular weight is 375 g/mol. The number of likely N-dealkylation sites (tertiary alicyclic amines) is 1. The second kappa shape index (κ2) is 9.06. The van der Waals surface area contributed by atoms with E-state index in [1.54, 1.807) is 0 Å². The van der Waals surface area contributed by atoms with E-state index >= 15 is 0 Å². The van der Waals surface area contributed by atoms with Crippen LogP contribution >= 0.6 is 12.4 Å². The second-order valence-corrected chi connectivity index (χ2v) is 6.64. The molecule has 0 unspecified atom stereocenters. The summed E-state index contributed by atoms with van der Waals surface area (Å²) in [7, 11) is 0. The van der Waals surface area contributed by atoms with Gasteiger partial charge in [0.15, 0.2) is 0 Å². The largest absolute Gasteiger partial charge is 0.494 e. The van der Waals surface area contributed by atoms with Gasteiger partial charge in [-0.05, 0) is 49.6 Å². The number of nitrogens with zero attached hydrogens (tertiary/aromatic N) is 1. The molecule has 1 aliphatic heterocycles. The fourth-order valence-electron chi connectivity index (χ4n) is 3.58. The zero-order valence-corrected chi connectivity index (χ0v) is 16.2. The molecule has 0 aliphatic carbocycles. The number of halogens is 1. The van der Waals surface area contributed by atoms with Crippen LogP contribution in [-0.2, 0) is 0 Å². The van der Waals surface area contributed by atoms with Crippen LogP contribution in [0.25, 0.3) is 0 Å². The van der Waals surface area contributed by atoms with E-state index in [-0.39, 0.29) is 18.3 Å². The van der Waals surface area contributed by atoms with Gasteiger partial charge in [0.1, 0.15) is 5.75 Å². The van der Waals surface area contributed by atoms with Gasteiger partial charge in [-0.15, -0.1) is 12.4 Å². The molecule has 26 heavy (non-hydrogen) atoms. The summed E-state index contributed by atoms with van der Waals surface area (Å²) in [6.45, 7) is 6.53. The van der Waals surface area contributed by atoms with Crippen LogP contribution in [0.2, 0.25) is 0 Å². The van der Waals surface area contributed by atoms with Crippen LogP contribution in [0.4, 0.5) is 0 Å². The third-order valence-corrected chi connectivity index (χ3v) is 4.99. The minimum absolute atomic E-state index is 0. The summed E-state index contributed by atoms with van der Waals surface area (Å²) in [5, 5.41) is 0. The Balaban J connectivity index is 0.00000243. The fraction of sp³-hybridized carbons (Fsp3) is 0.381. The minimum Gasteiger partial charge on any atom is -0.494 e. The Kier molecular flexibility index (Phi) is 7.06. The molecule has 2 aromatic rings. The molecule has 2 N–H and O–H groups in total. The zero-order valence-electron chi connectivity index (χ0n) is 15.4. The van der Waals surface area contributed by atoms with E-state index in [1.807, 2.05) is 55.1 Å². The highest BCUT2D eigenvalue weighted by atomic mass is 35.5. The fourth-order valence-corrected chi connectivity index (χ4v) is 3.58. The van der Waals surface area contributed by atoms with Crippen LogP contribution < -0.4 is 10.5 Å². The summed E-state index contributed by atoms with van der Waals surface area (Å²) in [5.41, 5.74) is 8.97. The molecule has 0 bridgehead atoms. The van der Waals surface area contributed by atoms with E-state index < -0.39 is 0 Å². The van der Waals surface area contributed by atoms with Gasteiger partial charge in [0.25, 0.3) is 5.91 Å². The molecular weight excluding hydrogens is 348 g/mol. The third kappa shape index (κ3) is 4.19. The molecule has 0 radical (unpaired) electrons. The van der Waals surface area contributed by atoms with Gasteiger partial charge in [-0.3, -0.25) is 4.79 Å². The van der Waals surface area contributed by atoms with Gasteiger partial charge in [0.05, 0.1) is 6.61 Å². The lowest BCUT2D eigenvalue weighted by Gasteiger charge is -2.18. The van der Waals surface area contributed by atoms with Crippen LogP contribution in [0.1, 0.15) is 34.3 Å². The van der Waals surface area contributed by atoms with Crippen LogP contribution in [0, 0.1) is 12.8 Å². The lowest BCUT2D eigenvalue weighted by atomic mass is 9.89. The Labute approximate surface area is 161 Å². The van der Waals surface area contributed by atoms with Crippen molar-refractivity contribution in [1.82, 2.24) is 4.90 Å². The molecule has 1 aliphatic rings. The van der Waals surface area contributed by atoms with Crippen LogP contribution in [0.5, 0.6) is 5.75 Å². The van der Waals surface area contributed by atoms with E-state index in [0.29, 0.717) is 43.6 Å². The van der Waals surface area contributed by atoms with Crippen molar-refractivity contribution in [3.8, 4) is 5.75 Å². The Morgan fingerprint density at radius 2 is 1.92 bits per heavy atom. The molecular formula is C21H27ClN2O2. The number of hydrogen-bond acceptors (Lipinski definition) is 3. The molecule has 0 aromatic heterocycles. The summed E-state index contributed by atoms with van der Waals surface area (Å²) in [4.78, 5) is 14.9. The maximum atomic E-state index is 13.0. The average Bonchev–Trinajstić information content (AvgIpc) is 3.08. The molecule has 2 atom stereocenters. The maximum Gasteiger partial charge on any atom is 0.254 e. The number of carbonyl (C=O) groups excluding carboxylic acids is 1. The van der Waals surface area contributed by atoms with Crippen molar-refractivity contribution in [2.24, 2.45) is 11.7 Å². The molecule has 1 saturated heterocycles. The van der Waals surface area contributed by atoms with Gasteiger partial charge in [-0.25, -0.2) is 0 Å². The van der Waals surface area contributed by atoms with Gasteiger partial charge in [0.2, 0.25) is 0 Å². The number of hydrogen-bond donors (Lipinski definition) is 1. The van der Waals surface area contributed by atoms with Gasteiger partial charge in [0, 0.05) is 24.6 Å². The van der Waals surface area contributed by atoms with Gasteiger partial charge < -0.3 is 15.4 Å². The smallest absolute Gasteiger partial charge is 0.254 e. The van der Waals surface area contributed by atoms with E-state index in [4.69, 9.17) is 10.5 Å². The SMILES string of the molecule is CCOc1cc(C(=O)N2C[C@@H](CN)[C@H](c3ccccc3)C2)ccc1C.Cl. The Morgan fingerprint density at radius 1 is 1.19 bits per heavy atom. The van der Waals surface area contributed by atoms with E-state index in [2.05, 4.69) is 12.1 Å². The van der Waals surface area contributed by atoms with E-state index in [9.17, 15) is 4.79 Å². The number of nitrogens with two attached hydrogens (primary N) is 1. The highest BCUT2D eigenvalue weighted by molar-refractivity contribution is 5.95. The van der Waals surface area contributed by atoms with Crippen molar-refractivity contribution in [1.29, 1.82) is 0 Å². The van der Waals surface area contributed by atoms with Crippen LogP contribution in [0.3, 0.4) is 0 Å². The Morgan fingerprint density at radius 3 is 2.58 bits per heavy atom. The lowest BCUT2D eigenvalue weighted by Crippen LogP contribution is -2.29. The molecule has 5 heteroatoms. The Hall–Kier alpha value is -2.04. The highest BCUT2D eigenvalue weighted by Crippen LogP contribution is 2.33. The molecule has 4 nitrogen and oxygen atoms in total. The van der Waals surface area contributed by atoms with Crippen molar-refractivity contribution in [2.45, 2.75) is 19.8 Å². The molecule has 0 spiro atoms. The summed E-state index contributed by atoms with van der Waals surface area (Å²) in [6, 6.07) is 16.0. The second-order valence-electron chi connectivity index (χ2n) is 6.64. The number of rotatable bonds is 5. The zero-order chi connectivity index (χ0) is 17.8. The van der Waals surface area contributed by atoms with Gasteiger partial charge in [-0.1, -0.05) is 36.4 Å². The number of aryl methyl sites for hydroxylation is 1. The first-order valence-corrected chi connectivity index (χ1v) is 8.91. The molecule has 3 rings (SSSR count). The molecule has 1 amide bonds. The predicted molar refractivity (Wildman–Crippen MR) is 107 cm³/mol. The number of carbonyl (C=O) groups is 1. The first kappa shape index (κ1) is 20.3. The normalized spacial score (nSPS) is 19.1. The summed E-state index contributed by atoms with van der Waals surface area (Å²) >= 11 is 0. The van der Waals surface area contributed by atoms with Crippen LogP contribution in [0.15, 0.2) is 48.5 Å². The van der Waals surface area contributed by atoms with Crippen LogP contribution in [-0.4, -0.2) is 37.0 Å². The predicted octanol–water partition coefficient (Wildman–Crippen LogP) is 3.63. The third-order valence-electron chi connectivity index (χ3n) is 4.99. The topological polar surface area (TPSA) is 55.6 Å². The summed E-state index contributed by atoms with van der Waals surface area (Å²) in [6.07, 6.45) is 0. The molecule has 140 valence electrons. The molecule has 1 fully saturated rings. The number of amides is 1. The number of ether oxygens (including phenoxy) is 1. The van der Waals surface area contributed by atoms with Crippen molar-refractivity contribution < 1.29 is 9.53 Å². The first-order valence-electron chi connectivity index (χ1n) is 8.91. The molecule has 0 saturated carbocycles. The van der Waals surface area contributed by atoms with Crippen molar-refractivity contribution in [3.63, 3.8) is 0 Å². The summed E-state index contributed by atoms with van der Waals surface area (Å²) < 4.78 is 5.63. The molecule has 2 aromatic carbocycles. The molecule has 1 heterocycles. The lowest BCUT2D eigenvalue weighted by molar-refractivity contribution is 0.0786. The number of benzene rings is 2. The first-order chi connectivity index (χ1) is 12.1. The Bertz CT molecular complexity index is 736. The minimum atomic E-state index is 0. The van der Waals surface area contributed by atoms with E-state index in [1.165, 1.54) is 5.56 Å². The monoisotopic (exact) mass is 374 g/mol. The van der Waals surface area contributed by atoms with Crippen molar-refractivity contribution in [2.75, 3.05) is 26.2 Å². The van der Waals surface area contributed by atoms with Crippen molar-refractivity contribution >= 4 is 18.3 Å². The van der Waals surface area contributed by atoms with Gasteiger partial charge >= 0.3 is 0 Å². The summed E-state index contributed by atoms with van der Waals surface area (Å²) in [5.74, 6) is 1.43. The highest BCUT2D eigenvalue weighted by Gasteiger charge is 2.35. The standard InChI is InChI=1S/C21H26N2O2.ClH/c1-3-25-20-11-17(10-9-15(20)2)21(24)23-13-18(12-22)19(14-23)16-7-5-4-6-8-16;/h4-11,18-19H,3,12-14,22H2,1-2H3;1H/t18-,19+;/m1./s1.